The molecule has 1 aromatic rings. The lowest BCUT2D eigenvalue weighted by Gasteiger charge is -2.46. The van der Waals surface area contributed by atoms with Gasteiger partial charge in [-0.3, -0.25) is 9.80 Å². The van der Waals surface area contributed by atoms with E-state index in [1.807, 2.05) is 12.1 Å². The van der Waals surface area contributed by atoms with Gasteiger partial charge in [0.2, 0.25) is 0 Å². The van der Waals surface area contributed by atoms with E-state index < -0.39 is 0 Å². The maximum absolute atomic E-state index is 12.9. The summed E-state index contributed by atoms with van der Waals surface area (Å²) in [6.07, 6.45) is 5.15. The number of rotatable bonds is 3. The van der Waals surface area contributed by atoms with E-state index in [4.69, 9.17) is 0 Å². The SMILES string of the molecule is CC(Cc1ccc(F)cc1)N1CCN2CCCCC2C1. The Morgan fingerprint density at radius 1 is 1.15 bits per heavy atom. The normalized spacial score (nSPS) is 26.2. The monoisotopic (exact) mass is 276 g/mol. The first-order valence-corrected chi connectivity index (χ1v) is 7.95. The number of hydrogen-bond donors (Lipinski definition) is 0. The molecule has 0 amide bonds. The van der Waals surface area contributed by atoms with Gasteiger partial charge in [0.05, 0.1) is 0 Å². The van der Waals surface area contributed by atoms with E-state index in [0.717, 1.165) is 12.5 Å². The quantitative estimate of drug-likeness (QED) is 0.837. The molecule has 3 rings (SSSR count). The van der Waals surface area contributed by atoms with Crippen LogP contribution in [0.15, 0.2) is 24.3 Å². The van der Waals surface area contributed by atoms with Gasteiger partial charge >= 0.3 is 0 Å². The molecule has 2 aliphatic rings. The Balaban J connectivity index is 1.57. The summed E-state index contributed by atoms with van der Waals surface area (Å²) < 4.78 is 12.9. The molecule has 0 aromatic heterocycles. The molecule has 0 aliphatic carbocycles. The largest absolute Gasteiger partial charge is 0.298 e. The second-order valence-electron chi connectivity index (χ2n) is 6.36. The zero-order chi connectivity index (χ0) is 13.9. The van der Waals surface area contributed by atoms with Crippen molar-refractivity contribution >= 4 is 0 Å². The Labute approximate surface area is 121 Å². The molecule has 110 valence electrons. The van der Waals surface area contributed by atoms with Crippen LogP contribution >= 0.6 is 0 Å². The first-order valence-electron chi connectivity index (χ1n) is 7.95. The van der Waals surface area contributed by atoms with Crippen LogP contribution in [-0.2, 0) is 6.42 Å². The van der Waals surface area contributed by atoms with Crippen LogP contribution < -0.4 is 0 Å². The maximum atomic E-state index is 12.9. The van der Waals surface area contributed by atoms with Crippen LogP contribution in [0.25, 0.3) is 0 Å². The van der Waals surface area contributed by atoms with Crippen molar-refractivity contribution in [3.63, 3.8) is 0 Å². The molecule has 2 atom stereocenters. The maximum Gasteiger partial charge on any atom is 0.123 e. The van der Waals surface area contributed by atoms with Gasteiger partial charge in [-0.15, -0.1) is 0 Å². The smallest absolute Gasteiger partial charge is 0.123 e. The Bertz CT molecular complexity index is 431. The summed E-state index contributed by atoms with van der Waals surface area (Å²) in [5, 5.41) is 0. The predicted octanol–water partition coefficient (Wildman–Crippen LogP) is 2.93. The number of piperazine rings is 1. The molecule has 20 heavy (non-hydrogen) atoms. The average molecular weight is 276 g/mol. The van der Waals surface area contributed by atoms with E-state index in [9.17, 15) is 4.39 Å². The van der Waals surface area contributed by atoms with Gasteiger partial charge in [0, 0.05) is 31.7 Å². The summed E-state index contributed by atoms with van der Waals surface area (Å²) >= 11 is 0. The molecule has 1 aromatic carbocycles. The minimum absolute atomic E-state index is 0.141. The predicted molar refractivity (Wildman–Crippen MR) is 80.4 cm³/mol. The Hall–Kier alpha value is -0.930. The van der Waals surface area contributed by atoms with Gasteiger partial charge in [0.1, 0.15) is 5.82 Å². The molecule has 0 radical (unpaired) electrons. The second kappa shape index (κ2) is 6.23. The van der Waals surface area contributed by atoms with Gasteiger partial charge in [-0.25, -0.2) is 4.39 Å². The third-order valence-corrected chi connectivity index (χ3v) is 4.94. The van der Waals surface area contributed by atoms with Crippen LogP contribution in [0.2, 0.25) is 0 Å². The molecule has 2 saturated heterocycles. The molecule has 2 unspecified atom stereocenters. The molecule has 2 fully saturated rings. The fourth-order valence-corrected chi connectivity index (χ4v) is 3.67. The first-order chi connectivity index (χ1) is 9.72. The number of nitrogens with zero attached hydrogens (tertiary/aromatic N) is 2. The van der Waals surface area contributed by atoms with Crippen LogP contribution in [0.3, 0.4) is 0 Å². The Morgan fingerprint density at radius 2 is 1.95 bits per heavy atom. The van der Waals surface area contributed by atoms with Crippen molar-refractivity contribution in [3.05, 3.63) is 35.6 Å². The van der Waals surface area contributed by atoms with Gasteiger partial charge < -0.3 is 0 Å². The summed E-state index contributed by atoms with van der Waals surface area (Å²) in [5.41, 5.74) is 1.24. The highest BCUT2D eigenvalue weighted by atomic mass is 19.1. The van der Waals surface area contributed by atoms with Crippen LogP contribution in [0.1, 0.15) is 31.7 Å². The van der Waals surface area contributed by atoms with Crippen LogP contribution in [0, 0.1) is 5.82 Å². The lowest BCUT2D eigenvalue weighted by Crippen LogP contribution is -2.57. The van der Waals surface area contributed by atoms with E-state index in [1.165, 1.54) is 51.0 Å². The lowest BCUT2D eigenvalue weighted by molar-refractivity contribution is 0.0312. The van der Waals surface area contributed by atoms with Crippen molar-refractivity contribution in [2.45, 2.75) is 44.7 Å². The molecule has 0 spiro atoms. The van der Waals surface area contributed by atoms with Crippen molar-refractivity contribution in [2.75, 3.05) is 26.2 Å². The zero-order valence-corrected chi connectivity index (χ0v) is 12.4. The van der Waals surface area contributed by atoms with Crippen molar-refractivity contribution in [3.8, 4) is 0 Å². The summed E-state index contributed by atoms with van der Waals surface area (Å²) in [5.74, 6) is -0.141. The molecular weight excluding hydrogens is 251 g/mol. The van der Waals surface area contributed by atoms with Crippen LogP contribution in [-0.4, -0.2) is 48.1 Å². The molecule has 3 heteroatoms. The Kier molecular flexibility index (Phi) is 4.37. The number of halogens is 1. The minimum atomic E-state index is -0.141. The number of benzene rings is 1. The number of hydrogen-bond acceptors (Lipinski definition) is 2. The Morgan fingerprint density at radius 3 is 2.75 bits per heavy atom. The van der Waals surface area contributed by atoms with E-state index in [-0.39, 0.29) is 5.82 Å². The molecule has 0 N–H and O–H groups in total. The van der Waals surface area contributed by atoms with Gasteiger partial charge in [-0.1, -0.05) is 18.6 Å². The summed E-state index contributed by atoms with van der Waals surface area (Å²) in [7, 11) is 0. The zero-order valence-electron chi connectivity index (χ0n) is 12.4. The average Bonchev–Trinajstić information content (AvgIpc) is 2.49. The summed E-state index contributed by atoms with van der Waals surface area (Å²) in [6.45, 7) is 7.21. The van der Waals surface area contributed by atoms with Gasteiger partial charge in [0.15, 0.2) is 0 Å². The summed E-state index contributed by atoms with van der Waals surface area (Å²) in [4.78, 5) is 5.29. The van der Waals surface area contributed by atoms with Crippen molar-refractivity contribution in [2.24, 2.45) is 0 Å². The van der Waals surface area contributed by atoms with Crippen molar-refractivity contribution < 1.29 is 4.39 Å². The third kappa shape index (κ3) is 3.21. The second-order valence-corrected chi connectivity index (χ2v) is 6.36. The molecule has 2 heterocycles. The van der Waals surface area contributed by atoms with E-state index in [2.05, 4.69) is 16.7 Å². The third-order valence-electron chi connectivity index (χ3n) is 4.94. The topological polar surface area (TPSA) is 6.48 Å². The summed E-state index contributed by atoms with van der Waals surface area (Å²) in [6, 6.07) is 8.30. The first kappa shape index (κ1) is 14.0. The number of piperidine rings is 1. The van der Waals surface area contributed by atoms with Gasteiger partial charge in [-0.2, -0.15) is 0 Å². The van der Waals surface area contributed by atoms with E-state index in [1.54, 1.807) is 12.1 Å². The standard InChI is InChI=1S/C17H25FN2/c1-14(12-15-5-7-16(18)8-6-15)20-11-10-19-9-3-2-4-17(19)13-20/h5-8,14,17H,2-4,9-13H2,1H3. The van der Waals surface area contributed by atoms with Crippen LogP contribution in [0.4, 0.5) is 4.39 Å². The van der Waals surface area contributed by atoms with E-state index in [0.29, 0.717) is 6.04 Å². The molecule has 2 aliphatic heterocycles. The molecule has 0 saturated carbocycles. The number of fused-ring (bicyclic) bond motifs is 1. The highest BCUT2D eigenvalue weighted by molar-refractivity contribution is 5.17. The highest BCUT2D eigenvalue weighted by Crippen LogP contribution is 2.23. The van der Waals surface area contributed by atoms with Gasteiger partial charge in [0.25, 0.3) is 0 Å². The molecule has 2 nitrogen and oxygen atoms in total. The highest BCUT2D eigenvalue weighted by Gasteiger charge is 2.30. The molecule has 0 bridgehead atoms. The minimum Gasteiger partial charge on any atom is -0.298 e. The van der Waals surface area contributed by atoms with Gasteiger partial charge in [-0.05, 0) is 50.4 Å². The van der Waals surface area contributed by atoms with Crippen LogP contribution in [0.5, 0.6) is 0 Å². The van der Waals surface area contributed by atoms with Crippen molar-refractivity contribution in [1.29, 1.82) is 0 Å². The molecular formula is C17H25FN2. The van der Waals surface area contributed by atoms with E-state index >= 15 is 0 Å². The fraction of sp³-hybridized carbons (Fsp3) is 0.647. The van der Waals surface area contributed by atoms with Crippen molar-refractivity contribution in [1.82, 2.24) is 9.80 Å². The lowest BCUT2D eigenvalue weighted by atomic mass is 9.97. The fourth-order valence-electron chi connectivity index (χ4n) is 3.67.